The highest BCUT2D eigenvalue weighted by Crippen LogP contribution is 2.33. The molecule has 1 aliphatic rings. The van der Waals surface area contributed by atoms with Gasteiger partial charge < -0.3 is 30.3 Å². The summed E-state index contributed by atoms with van der Waals surface area (Å²) in [5.74, 6) is -0.725. The molecule has 2 heterocycles. The Hall–Kier alpha value is -1.72. The second-order valence-electron chi connectivity index (χ2n) is 5.19. The molecule has 0 aliphatic carbocycles. The lowest BCUT2D eigenvalue weighted by Crippen LogP contribution is -2.56. The molecule has 0 spiro atoms. The van der Waals surface area contributed by atoms with Gasteiger partial charge in [0.15, 0.2) is 0 Å². The number of hydrogen-bond donors (Lipinski definition) is 5. The Morgan fingerprint density at radius 3 is 2.18 bits per heavy atom. The maximum Gasteiger partial charge on any atom is 0.333 e. The van der Waals surface area contributed by atoms with Crippen LogP contribution < -0.4 is 11.2 Å². The summed E-state index contributed by atoms with van der Waals surface area (Å²) in [5.41, 5.74) is -2.14. The summed E-state index contributed by atoms with van der Waals surface area (Å²) in [7, 11) is 2.39. The zero-order valence-corrected chi connectivity index (χ0v) is 11.9. The largest absolute Gasteiger partial charge is 0.494 e. The number of rotatable bonds is 2. The maximum absolute atomic E-state index is 12.2. The smallest absolute Gasteiger partial charge is 0.333 e. The molecule has 124 valence electrons. The highest BCUT2D eigenvalue weighted by atomic mass is 16.5. The van der Waals surface area contributed by atoms with Gasteiger partial charge in [-0.05, 0) is 0 Å². The van der Waals surface area contributed by atoms with E-state index in [0.717, 1.165) is 4.57 Å². The highest BCUT2D eigenvalue weighted by Gasteiger charge is 2.46. The van der Waals surface area contributed by atoms with Crippen LogP contribution in [0.2, 0.25) is 0 Å². The van der Waals surface area contributed by atoms with E-state index in [9.17, 15) is 30.0 Å². The first-order valence-electron chi connectivity index (χ1n) is 6.51. The number of ether oxygens (including phenoxy) is 1. The van der Waals surface area contributed by atoms with Crippen LogP contribution in [0.25, 0.3) is 0 Å². The van der Waals surface area contributed by atoms with Gasteiger partial charge >= 0.3 is 5.69 Å². The summed E-state index contributed by atoms with van der Waals surface area (Å²) in [6.45, 7) is -0.672. The van der Waals surface area contributed by atoms with Crippen molar-refractivity contribution in [1.82, 2.24) is 9.13 Å². The van der Waals surface area contributed by atoms with Crippen LogP contribution in [0.1, 0.15) is 11.7 Å². The summed E-state index contributed by atoms with van der Waals surface area (Å²) in [6.07, 6.45) is -7.76. The molecule has 1 fully saturated rings. The van der Waals surface area contributed by atoms with Crippen molar-refractivity contribution in [2.24, 2.45) is 14.1 Å². The Bertz CT molecular complexity index is 679. The van der Waals surface area contributed by atoms with Crippen molar-refractivity contribution < 1.29 is 30.3 Å². The average Bonchev–Trinajstić information content (AvgIpc) is 2.51. The predicted molar refractivity (Wildman–Crippen MR) is 71.3 cm³/mol. The van der Waals surface area contributed by atoms with E-state index in [1.54, 1.807) is 0 Å². The molecule has 0 radical (unpaired) electrons. The predicted octanol–water partition coefficient (Wildman–Crippen LogP) is -3.70. The molecule has 0 aromatic carbocycles. The number of aromatic hydroxyl groups is 1. The van der Waals surface area contributed by atoms with Gasteiger partial charge in [0.1, 0.15) is 36.1 Å². The van der Waals surface area contributed by atoms with Gasteiger partial charge in [0.25, 0.3) is 5.56 Å². The Labute approximate surface area is 124 Å². The second-order valence-corrected chi connectivity index (χ2v) is 5.19. The standard InChI is InChI=1S/C12H18N2O8/c1-13-10(19)5(11(20)14(2)12(13)21)9-8(18)7(17)6(16)4(3-15)22-9/h4,6-9,15-19H,3H2,1-2H3/t4-,6-,7+,8-,9+/m1/s1. The second kappa shape index (κ2) is 5.82. The molecule has 10 heteroatoms. The van der Waals surface area contributed by atoms with Gasteiger partial charge in [-0.25, -0.2) is 4.79 Å². The van der Waals surface area contributed by atoms with Crippen LogP contribution in [0.15, 0.2) is 9.59 Å². The lowest BCUT2D eigenvalue weighted by atomic mass is 9.92. The van der Waals surface area contributed by atoms with Crippen molar-refractivity contribution in [3.05, 3.63) is 26.4 Å². The van der Waals surface area contributed by atoms with Gasteiger partial charge in [-0.2, -0.15) is 0 Å². The van der Waals surface area contributed by atoms with Crippen molar-refractivity contribution in [3.63, 3.8) is 0 Å². The molecule has 1 aromatic heterocycles. The van der Waals surface area contributed by atoms with Gasteiger partial charge in [-0.1, -0.05) is 0 Å². The van der Waals surface area contributed by atoms with Crippen LogP contribution >= 0.6 is 0 Å². The van der Waals surface area contributed by atoms with Crippen LogP contribution in [-0.2, 0) is 18.8 Å². The molecule has 22 heavy (non-hydrogen) atoms. The number of nitrogens with zero attached hydrogens (tertiary/aromatic N) is 2. The molecule has 10 nitrogen and oxygen atoms in total. The summed E-state index contributed by atoms with van der Waals surface area (Å²) >= 11 is 0. The zero-order chi connectivity index (χ0) is 16.8. The van der Waals surface area contributed by atoms with E-state index in [4.69, 9.17) is 9.84 Å². The van der Waals surface area contributed by atoms with Gasteiger partial charge in [0.2, 0.25) is 5.88 Å². The molecule has 2 rings (SSSR count). The molecule has 1 saturated heterocycles. The SMILES string of the molecule is Cn1c(O)c([C@@H]2O[C@H](CO)[C@@H](O)[C@H](O)[C@H]2O)c(=O)n(C)c1=O. The fourth-order valence-electron chi connectivity index (χ4n) is 2.45. The molecular formula is C12H18N2O8. The third-order valence-electron chi connectivity index (χ3n) is 3.84. The Kier molecular flexibility index (Phi) is 4.40. The van der Waals surface area contributed by atoms with Crippen molar-refractivity contribution in [3.8, 4) is 5.88 Å². The first-order chi connectivity index (χ1) is 10.2. The molecule has 0 amide bonds. The van der Waals surface area contributed by atoms with Gasteiger partial charge in [0.05, 0.1) is 6.61 Å². The fourth-order valence-corrected chi connectivity index (χ4v) is 2.45. The Morgan fingerprint density at radius 1 is 1.05 bits per heavy atom. The van der Waals surface area contributed by atoms with Crippen molar-refractivity contribution in [2.75, 3.05) is 6.61 Å². The third-order valence-corrected chi connectivity index (χ3v) is 3.84. The average molecular weight is 318 g/mol. The van der Waals surface area contributed by atoms with E-state index in [0.29, 0.717) is 4.57 Å². The number of aliphatic hydroxyl groups is 4. The minimum Gasteiger partial charge on any atom is -0.494 e. The molecule has 1 aliphatic heterocycles. The van der Waals surface area contributed by atoms with Crippen LogP contribution in [0.4, 0.5) is 0 Å². The lowest BCUT2D eigenvalue weighted by Gasteiger charge is -2.40. The van der Waals surface area contributed by atoms with Gasteiger partial charge in [0, 0.05) is 14.1 Å². The summed E-state index contributed by atoms with van der Waals surface area (Å²) < 4.78 is 6.71. The normalized spacial score (nSPS) is 32.2. The van der Waals surface area contributed by atoms with Crippen molar-refractivity contribution in [1.29, 1.82) is 0 Å². The quantitative estimate of drug-likeness (QED) is 0.373. The Morgan fingerprint density at radius 2 is 1.64 bits per heavy atom. The van der Waals surface area contributed by atoms with Crippen molar-refractivity contribution >= 4 is 0 Å². The molecule has 1 aromatic rings. The highest BCUT2D eigenvalue weighted by molar-refractivity contribution is 5.27. The third kappa shape index (κ3) is 2.34. The molecule has 0 saturated carbocycles. The zero-order valence-electron chi connectivity index (χ0n) is 11.9. The maximum atomic E-state index is 12.2. The first kappa shape index (κ1) is 16.6. The summed E-state index contributed by atoms with van der Waals surface area (Å²) in [4.78, 5) is 23.9. The van der Waals surface area contributed by atoms with E-state index in [-0.39, 0.29) is 0 Å². The van der Waals surface area contributed by atoms with E-state index in [1.807, 2.05) is 0 Å². The van der Waals surface area contributed by atoms with Gasteiger partial charge in [-0.15, -0.1) is 0 Å². The van der Waals surface area contributed by atoms with Crippen LogP contribution in [-0.4, -0.2) is 65.7 Å². The molecule has 0 unspecified atom stereocenters. The number of hydrogen-bond acceptors (Lipinski definition) is 8. The van der Waals surface area contributed by atoms with E-state index < -0.39 is 59.8 Å². The number of aliphatic hydroxyl groups excluding tert-OH is 4. The molecular weight excluding hydrogens is 300 g/mol. The Balaban J connectivity index is 2.61. The topological polar surface area (TPSA) is 154 Å². The molecule has 0 bridgehead atoms. The number of aromatic nitrogens is 2. The van der Waals surface area contributed by atoms with Crippen LogP contribution in [0.3, 0.4) is 0 Å². The fraction of sp³-hybridized carbons (Fsp3) is 0.667. The minimum absolute atomic E-state index is 0.443. The molecule has 5 N–H and O–H groups in total. The van der Waals surface area contributed by atoms with Crippen LogP contribution in [0.5, 0.6) is 5.88 Å². The molecule has 5 atom stereocenters. The monoisotopic (exact) mass is 318 g/mol. The summed E-state index contributed by atoms with van der Waals surface area (Å²) in [5, 5.41) is 48.6. The van der Waals surface area contributed by atoms with E-state index >= 15 is 0 Å². The van der Waals surface area contributed by atoms with Gasteiger partial charge in [-0.3, -0.25) is 13.9 Å². The minimum atomic E-state index is -1.73. The first-order valence-corrected chi connectivity index (χ1v) is 6.51. The van der Waals surface area contributed by atoms with Crippen molar-refractivity contribution in [2.45, 2.75) is 30.5 Å². The van der Waals surface area contributed by atoms with E-state index in [2.05, 4.69) is 0 Å². The van der Waals surface area contributed by atoms with Crippen LogP contribution in [0, 0.1) is 0 Å². The van der Waals surface area contributed by atoms with E-state index in [1.165, 1.54) is 14.1 Å². The lowest BCUT2D eigenvalue weighted by molar-refractivity contribution is -0.232. The summed E-state index contributed by atoms with van der Waals surface area (Å²) in [6, 6.07) is 0.